The van der Waals surface area contributed by atoms with E-state index in [1.807, 2.05) is 40.7 Å². The van der Waals surface area contributed by atoms with Crippen LogP contribution in [-0.2, 0) is 0 Å². The summed E-state index contributed by atoms with van der Waals surface area (Å²) in [6.45, 7) is 20.6. The van der Waals surface area contributed by atoms with E-state index in [0.717, 1.165) is 25.2 Å². The molecule has 0 saturated carbocycles. The van der Waals surface area contributed by atoms with Crippen molar-refractivity contribution in [1.29, 1.82) is 5.26 Å². The average molecular weight is 557 g/mol. The Balaban J connectivity index is -0.000000140. The molecule has 0 aliphatic rings. The molecule has 0 spiro atoms. The predicted molar refractivity (Wildman–Crippen MR) is 171 cm³/mol. The minimum Gasteiger partial charge on any atom is -0.198 e. The Kier molecular flexibility index (Phi) is 41.2. The van der Waals surface area contributed by atoms with Gasteiger partial charge in [0.15, 0.2) is 0 Å². The smallest absolute Gasteiger partial charge is 0.0621 e. The van der Waals surface area contributed by atoms with Crippen molar-refractivity contribution in [3.05, 3.63) is 31.3 Å². The molecule has 0 aliphatic carbocycles. The minimum absolute atomic E-state index is 0. The zero-order chi connectivity index (χ0) is 31.1. The zero-order valence-corrected chi connectivity index (χ0v) is 26.0. The van der Waals surface area contributed by atoms with Crippen LogP contribution in [-0.4, -0.2) is 18.1 Å². The molecule has 0 aromatic heterocycles. The summed E-state index contributed by atoms with van der Waals surface area (Å²) in [5.74, 6) is 10.3. The second-order valence-corrected chi connectivity index (χ2v) is 10.3. The first-order chi connectivity index (χ1) is 18.4. The first kappa shape index (κ1) is 46.4. The van der Waals surface area contributed by atoms with E-state index in [2.05, 4.69) is 82.5 Å². The van der Waals surface area contributed by atoms with Crippen molar-refractivity contribution in [2.75, 3.05) is 0 Å². The lowest BCUT2D eigenvalue weighted by molar-refractivity contribution is 0.467. The van der Waals surface area contributed by atoms with Crippen molar-refractivity contribution >= 4 is 0 Å². The van der Waals surface area contributed by atoms with Crippen LogP contribution < -0.4 is 0 Å². The summed E-state index contributed by atoms with van der Waals surface area (Å²) in [6, 6.07) is 2.15. The SMILES string of the molecule is C.C#CCCC(N=[N+]=[N-])C(C)C.CC#CCCC(N=[N+]=[N-])C(C)C.CC(C)C(CCC#N)N=[N+]=[N-].CCC(C)C. The van der Waals surface area contributed by atoms with Gasteiger partial charge in [0.2, 0.25) is 0 Å². The van der Waals surface area contributed by atoms with Gasteiger partial charge in [-0.3, -0.25) is 0 Å². The molecule has 0 aromatic rings. The second-order valence-electron chi connectivity index (χ2n) is 10.3. The molecule has 0 aromatic carbocycles. The molecule has 0 fully saturated rings. The van der Waals surface area contributed by atoms with E-state index < -0.39 is 0 Å². The molecular weight excluding hydrogens is 500 g/mol. The van der Waals surface area contributed by atoms with E-state index in [4.69, 9.17) is 28.3 Å². The van der Waals surface area contributed by atoms with Crippen molar-refractivity contribution in [2.45, 2.75) is 140 Å². The molecule has 0 saturated heterocycles. The third-order valence-corrected chi connectivity index (χ3v) is 5.60. The summed E-state index contributed by atoms with van der Waals surface area (Å²) in [5, 5.41) is 19.2. The number of nitrogens with zero attached hydrogens (tertiary/aromatic N) is 10. The van der Waals surface area contributed by atoms with Gasteiger partial charge in [0.25, 0.3) is 0 Å². The van der Waals surface area contributed by atoms with Crippen LogP contribution in [0.2, 0.25) is 0 Å². The Morgan fingerprint density at radius 2 is 1.02 bits per heavy atom. The fourth-order valence-electron chi connectivity index (χ4n) is 2.56. The van der Waals surface area contributed by atoms with Crippen LogP contribution in [0.3, 0.4) is 0 Å². The number of hydrogen-bond donors (Lipinski definition) is 0. The lowest BCUT2D eigenvalue weighted by Gasteiger charge is -2.12. The normalized spacial score (nSPS) is 11.1. The summed E-state index contributed by atoms with van der Waals surface area (Å²) >= 11 is 0. The molecule has 10 nitrogen and oxygen atoms in total. The summed E-state index contributed by atoms with van der Waals surface area (Å²) in [4.78, 5) is 8.31. The van der Waals surface area contributed by atoms with Gasteiger partial charge in [-0.15, -0.1) is 24.2 Å². The Morgan fingerprint density at radius 3 is 1.25 bits per heavy atom. The van der Waals surface area contributed by atoms with Gasteiger partial charge in [0, 0.05) is 52.1 Å². The Labute approximate surface area is 245 Å². The predicted octanol–water partition coefficient (Wildman–Crippen LogP) is 11.2. The van der Waals surface area contributed by atoms with Gasteiger partial charge in [0.1, 0.15) is 0 Å². The summed E-state index contributed by atoms with van der Waals surface area (Å²) in [7, 11) is 0. The Morgan fingerprint density at radius 1 is 0.700 bits per heavy atom. The lowest BCUT2D eigenvalue weighted by atomic mass is 10.0. The summed E-state index contributed by atoms with van der Waals surface area (Å²) in [6.07, 6.45) is 10.7. The highest BCUT2D eigenvalue weighted by molar-refractivity contribution is 4.95. The molecule has 226 valence electrons. The molecule has 10 heteroatoms. The van der Waals surface area contributed by atoms with Gasteiger partial charge in [-0.2, -0.15) is 5.26 Å². The number of nitriles is 1. The molecule has 0 aliphatic heterocycles. The molecule has 3 atom stereocenters. The first-order valence-electron chi connectivity index (χ1n) is 13.8. The number of terminal acetylenes is 1. The van der Waals surface area contributed by atoms with E-state index in [9.17, 15) is 0 Å². The number of azide groups is 3. The maximum absolute atomic E-state index is 8.28. The van der Waals surface area contributed by atoms with E-state index in [0.29, 0.717) is 37.0 Å². The minimum atomic E-state index is -0.0281. The van der Waals surface area contributed by atoms with Crippen LogP contribution in [0.4, 0.5) is 0 Å². The summed E-state index contributed by atoms with van der Waals surface area (Å²) < 4.78 is 0. The Hall–Kier alpha value is -3.46. The average Bonchev–Trinajstić information content (AvgIpc) is 2.89. The molecule has 0 N–H and O–H groups in total. The number of hydrogen-bond acceptors (Lipinski definition) is 4. The topological polar surface area (TPSA) is 170 Å². The van der Waals surface area contributed by atoms with Crippen LogP contribution in [0.25, 0.3) is 31.3 Å². The molecular formula is C30H56N10. The molecule has 40 heavy (non-hydrogen) atoms. The Bertz CT molecular complexity index is 821. The van der Waals surface area contributed by atoms with Gasteiger partial charge >= 0.3 is 0 Å². The summed E-state index contributed by atoms with van der Waals surface area (Å²) in [5.41, 5.74) is 24.6. The van der Waals surface area contributed by atoms with Crippen LogP contribution in [0.1, 0.15) is 122 Å². The van der Waals surface area contributed by atoms with Gasteiger partial charge in [-0.05, 0) is 66.5 Å². The highest BCUT2D eigenvalue weighted by atomic mass is 15.2. The van der Waals surface area contributed by atoms with Crippen LogP contribution in [0.5, 0.6) is 0 Å². The largest absolute Gasteiger partial charge is 0.198 e. The van der Waals surface area contributed by atoms with Crippen LogP contribution >= 0.6 is 0 Å². The standard InChI is InChI=1S/C9H15N3.C8H13N3.C7H12N4.C5H12.CH4/c1-4-5-6-7-9(8(2)3)11-12-10;1-4-5-6-8(7(2)3)10-11-9;1-6(2)7(10-11-9)4-3-5-8;1-4-5(2)3;/h8-9H,6-7H2,1-3H3;1,7-8H,5-6H2,2-3H3;6-7H,3-4H2,1-2H3;5H,4H2,1-3H3;1H4. The maximum atomic E-state index is 8.28. The molecule has 0 radical (unpaired) electrons. The molecule has 0 bridgehead atoms. The van der Waals surface area contributed by atoms with Crippen molar-refractivity contribution < 1.29 is 0 Å². The number of rotatable bonds is 13. The van der Waals surface area contributed by atoms with Crippen molar-refractivity contribution in [2.24, 2.45) is 39.0 Å². The van der Waals surface area contributed by atoms with E-state index in [1.165, 1.54) is 6.42 Å². The first-order valence-corrected chi connectivity index (χ1v) is 13.8. The lowest BCUT2D eigenvalue weighted by Crippen LogP contribution is -2.11. The van der Waals surface area contributed by atoms with E-state index >= 15 is 0 Å². The molecule has 0 heterocycles. The van der Waals surface area contributed by atoms with Crippen molar-refractivity contribution in [1.82, 2.24) is 0 Å². The van der Waals surface area contributed by atoms with Gasteiger partial charge in [0.05, 0.1) is 6.07 Å². The zero-order valence-electron chi connectivity index (χ0n) is 26.0. The quantitative estimate of drug-likeness (QED) is 0.0934. The highest BCUT2D eigenvalue weighted by Crippen LogP contribution is 2.13. The van der Waals surface area contributed by atoms with Gasteiger partial charge in [-0.1, -0.05) is 91.5 Å². The van der Waals surface area contributed by atoms with Gasteiger partial charge < -0.3 is 0 Å². The fraction of sp³-hybridized carbons (Fsp3) is 0.833. The highest BCUT2D eigenvalue weighted by Gasteiger charge is 2.10. The van der Waals surface area contributed by atoms with Crippen molar-refractivity contribution in [3.63, 3.8) is 0 Å². The van der Waals surface area contributed by atoms with E-state index in [-0.39, 0.29) is 25.6 Å². The second kappa shape index (κ2) is 35.5. The van der Waals surface area contributed by atoms with Crippen LogP contribution in [0, 0.1) is 59.2 Å². The van der Waals surface area contributed by atoms with Gasteiger partial charge in [-0.25, -0.2) is 0 Å². The third kappa shape index (κ3) is 36.7. The molecule has 0 rings (SSSR count). The maximum Gasteiger partial charge on any atom is 0.0621 e. The van der Waals surface area contributed by atoms with Crippen LogP contribution in [0.15, 0.2) is 15.3 Å². The van der Waals surface area contributed by atoms with E-state index in [1.54, 1.807) is 0 Å². The monoisotopic (exact) mass is 556 g/mol. The fourth-order valence-corrected chi connectivity index (χ4v) is 2.56. The third-order valence-electron chi connectivity index (χ3n) is 5.60. The molecule has 3 unspecified atom stereocenters. The van der Waals surface area contributed by atoms with Crippen molar-refractivity contribution in [3.8, 4) is 30.3 Å². The molecule has 0 amide bonds.